The third kappa shape index (κ3) is 4.93. The number of rotatable bonds is 7. The van der Waals surface area contributed by atoms with Gasteiger partial charge in [0, 0.05) is 10.8 Å². The molecule has 0 fully saturated rings. The van der Waals surface area contributed by atoms with Crippen LogP contribution in [0.15, 0.2) is 42.2 Å². The van der Waals surface area contributed by atoms with Crippen molar-refractivity contribution in [2.45, 2.75) is 0 Å². The predicted octanol–water partition coefficient (Wildman–Crippen LogP) is 1.16. The largest absolute Gasteiger partial charge is 0.478 e. The van der Waals surface area contributed by atoms with E-state index in [1.165, 1.54) is 0 Å². The average Bonchev–Trinajstić information content (AvgIpc) is 2.37. The third-order valence-electron chi connectivity index (χ3n) is 2.14. The molecule has 0 atom stereocenters. The lowest BCUT2D eigenvalue weighted by Gasteiger charge is -2.10. The quantitative estimate of drug-likeness (QED) is 0.687. The van der Waals surface area contributed by atoms with E-state index in [4.69, 9.17) is 5.11 Å². The van der Waals surface area contributed by atoms with Gasteiger partial charge in [0.05, 0.1) is 16.9 Å². The molecular weight excluding hydrogens is 320 g/mol. The van der Waals surface area contributed by atoms with Gasteiger partial charge in [-0.25, -0.2) is 21.6 Å². The van der Waals surface area contributed by atoms with Crippen molar-refractivity contribution in [2.24, 2.45) is 0 Å². The number of carboxylic acids is 1. The Hall–Kier alpha value is -2.33. The topological polar surface area (TPSA) is 130 Å². The van der Waals surface area contributed by atoms with Crippen molar-refractivity contribution in [1.29, 1.82) is 0 Å². The summed E-state index contributed by atoms with van der Waals surface area (Å²) in [7, 11) is -7.71. The van der Waals surface area contributed by atoms with Gasteiger partial charge in [0.1, 0.15) is 0 Å². The molecule has 1 aromatic rings. The van der Waals surface area contributed by atoms with Crippen LogP contribution in [0.25, 0.3) is 0 Å². The second-order valence-electron chi connectivity index (χ2n) is 3.73. The van der Waals surface area contributed by atoms with E-state index in [0.29, 0.717) is 10.8 Å². The first kappa shape index (κ1) is 16.7. The third-order valence-corrected chi connectivity index (χ3v) is 4.06. The van der Waals surface area contributed by atoms with Gasteiger partial charge in [-0.1, -0.05) is 13.2 Å². The lowest BCUT2D eigenvalue weighted by Crippen LogP contribution is -2.12. The molecule has 0 saturated carbocycles. The number of sulfonamides is 2. The molecule has 0 bridgehead atoms. The first-order chi connectivity index (χ1) is 9.58. The van der Waals surface area contributed by atoms with E-state index in [1.54, 1.807) is 0 Å². The van der Waals surface area contributed by atoms with Gasteiger partial charge in [-0.2, -0.15) is 0 Å². The molecule has 1 rings (SSSR count). The van der Waals surface area contributed by atoms with Crippen LogP contribution in [0.5, 0.6) is 0 Å². The molecule has 0 amide bonds. The van der Waals surface area contributed by atoms with Gasteiger partial charge in [0.25, 0.3) is 20.0 Å². The molecule has 1 aromatic carbocycles. The van der Waals surface area contributed by atoms with Crippen molar-refractivity contribution < 1.29 is 26.7 Å². The molecule has 10 heteroatoms. The predicted molar refractivity (Wildman–Crippen MR) is 78.9 cm³/mol. The Morgan fingerprint density at radius 3 is 1.62 bits per heavy atom. The van der Waals surface area contributed by atoms with Crippen LogP contribution >= 0.6 is 0 Å². The minimum Gasteiger partial charge on any atom is -0.478 e. The number of carbonyl (C=O) groups is 1. The zero-order valence-electron chi connectivity index (χ0n) is 10.6. The van der Waals surface area contributed by atoms with Crippen LogP contribution < -0.4 is 9.44 Å². The fourth-order valence-electron chi connectivity index (χ4n) is 1.28. The van der Waals surface area contributed by atoms with Gasteiger partial charge >= 0.3 is 5.97 Å². The van der Waals surface area contributed by atoms with E-state index in [0.717, 1.165) is 18.2 Å². The number of aromatic carboxylic acids is 1. The molecule has 0 spiro atoms. The highest BCUT2D eigenvalue weighted by Gasteiger charge is 2.13. The van der Waals surface area contributed by atoms with Crippen molar-refractivity contribution in [3.63, 3.8) is 0 Å². The summed E-state index contributed by atoms with van der Waals surface area (Å²) >= 11 is 0. The number of anilines is 2. The second-order valence-corrected chi connectivity index (χ2v) is 6.99. The molecular formula is C11H12N2O6S2. The lowest BCUT2D eigenvalue weighted by atomic mass is 10.2. The fraction of sp³-hybridized carbons (Fsp3) is 0. The summed E-state index contributed by atoms with van der Waals surface area (Å²) in [6.45, 7) is 6.18. The summed E-state index contributed by atoms with van der Waals surface area (Å²) in [4.78, 5) is 11.0. The normalized spacial score (nSPS) is 11.4. The molecule has 0 saturated heterocycles. The van der Waals surface area contributed by atoms with Crippen LogP contribution in [0.4, 0.5) is 11.4 Å². The van der Waals surface area contributed by atoms with E-state index in [-0.39, 0.29) is 16.9 Å². The molecule has 8 nitrogen and oxygen atoms in total. The van der Waals surface area contributed by atoms with Crippen molar-refractivity contribution in [3.05, 3.63) is 47.7 Å². The molecule has 0 aliphatic carbocycles. The zero-order chi connectivity index (χ0) is 16.3. The van der Waals surface area contributed by atoms with E-state index in [1.807, 2.05) is 9.44 Å². The molecule has 0 heterocycles. The van der Waals surface area contributed by atoms with Crippen LogP contribution in [0.3, 0.4) is 0 Å². The number of nitrogens with one attached hydrogen (secondary N) is 2. The number of hydrogen-bond donors (Lipinski definition) is 3. The number of carboxylic acid groups (broad SMARTS) is 1. The van der Waals surface area contributed by atoms with Crippen molar-refractivity contribution in [3.8, 4) is 0 Å². The van der Waals surface area contributed by atoms with Crippen molar-refractivity contribution >= 4 is 37.4 Å². The van der Waals surface area contributed by atoms with Gasteiger partial charge in [-0.3, -0.25) is 9.44 Å². The standard InChI is InChI=1S/C11H12N2O6S2/c1-3-20(16,17)12-9-5-8(11(14)15)6-10(7-9)13-21(18,19)4-2/h3-7,12-13H,1-2H2,(H,14,15). The smallest absolute Gasteiger partial charge is 0.335 e. The highest BCUT2D eigenvalue weighted by Crippen LogP contribution is 2.21. The van der Waals surface area contributed by atoms with Crippen LogP contribution in [0.1, 0.15) is 10.4 Å². The molecule has 0 unspecified atom stereocenters. The Balaban J connectivity index is 3.33. The second kappa shape index (κ2) is 5.97. The Morgan fingerprint density at radius 1 is 0.952 bits per heavy atom. The maximum atomic E-state index is 11.4. The average molecular weight is 332 g/mol. The summed E-state index contributed by atoms with van der Waals surface area (Å²) in [6, 6.07) is 3.19. The van der Waals surface area contributed by atoms with E-state index in [9.17, 15) is 21.6 Å². The van der Waals surface area contributed by atoms with Gasteiger partial charge in [-0.15, -0.1) is 0 Å². The summed E-state index contributed by atoms with van der Waals surface area (Å²) in [6.07, 6.45) is 0. The van der Waals surface area contributed by atoms with Gasteiger partial charge in [-0.05, 0) is 18.2 Å². The maximum Gasteiger partial charge on any atom is 0.335 e. The summed E-state index contributed by atoms with van der Waals surface area (Å²) in [5.74, 6) is -1.35. The van der Waals surface area contributed by atoms with Gasteiger partial charge < -0.3 is 5.11 Å². The van der Waals surface area contributed by atoms with E-state index < -0.39 is 26.0 Å². The van der Waals surface area contributed by atoms with E-state index >= 15 is 0 Å². The fourth-order valence-corrected chi connectivity index (χ4v) is 2.34. The molecule has 0 aliphatic heterocycles. The first-order valence-electron chi connectivity index (χ1n) is 5.27. The minimum atomic E-state index is -3.86. The van der Waals surface area contributed by atoms with E-state index in [2.05, 4.69) is 13.2 Å². The lowest BCUT2D eigenvalue weighted by molar-refractivity contribution is 0.0697. The highest BCUT2D eigenvalue weighted by molar-refractivity contribution is 7.95. The monoisotopic (exact) mass is 332 g/mol. The highest BCUT2D eigenvalue weighted by atomic mass is 32.2. The molecule has 114 valence electrons. The first-order valence-corrected chi connectivity index (χ1v) is 8.37. The Labute approximate surface area is 121 Å². The number of hydrogen-bond acceptors (Lipinski definition) is 5. The van der Waals surface area contributed by atoms with Crippen LogP contribution in [-0.4, -0.2) is 27.9 Å². The Morgan fingerprint density at radius 2 is 1.33 bits per heavy atom. The number of benzene rings is 1. The summed E-state index contributed by atoms with van der Waals surface area (Å²) in [5.41, 5.74) is -0.561. The zero-order valence-corrected chi connectivity index (χ0v) is 12.2. The SMILES string of the molecule is C=CS(=O)(=O)Nc1cc(NS(=O)(=O)C=C)cc(C(=O)O)c1. The Kier molecular flexibility index (Phi) is 4.76. The Bertz CT molecular complexity index is 738. The molecule has 3 N–H and O–H groups in total. The van der Waals surface area contributed by atoms with Crippen LogP contribution in [0, 0.1) is 0 Å². The van der Waals surface area contributed by atoms with Gasteiger partial charge in [0.2, 0.25) is 0 Å². The molecule has 0 aliphatic rings. The van der Waals surface area contributed by atoms with Gasteiger partial charge in [0.15, 0.2) is 0 Å². The maximum absolute atomic E-state index is 11.4. The van der Waals surface area contributed by atoms with Crippen molar-refractivity contribution in [2.75, 3.05) is 9.44 Å². The summed E-state index contributed by atoms with van der Waals surface area (Å²) in [5, 5.41) is 10.2. The molecule has 0 radical (unpaired) electrons. The van der Waals surface area contributed by atoms with Crippen LogP contribution in [0.2, 0.25) is 0 Å². The van der Waals surface area contributed by atoms with Crippen molar-refractivity contribution in [1.82, 2.24) is 0 Å². The molecule has 0 aromatic heterocycles. The summed E-state index contributed by atoms with van der Waals surface area (Å²) < 4.78 is 49.6. The van der Waals surface area contributed by atoms with Crippen LogP contribution in [-0.2, 0) is 20.0 Å². The minimum absolute atomic E-state index is 0.128. The molecule has 21 heavy (non-hydrogen) atoms.